The Bertz CT molecular complexity index is 1420. The number of aromatic hydroxyl groups is 2. The Morgan fingerprint density at radius 3 is 1.65 bits per heavy atom. The van der Waals surface area contributed by atoms with E-state index in [4.69, 9.17) is 32.7 Å². The van der Waals surface area contributed by atoms with Crippen molar-refractivity contribution in [3.63, 3.8) is 0 Å². The molecule has 0 aliphatic rings. The maximum Gasteiger partial charge on any atom is 0.153 e. The lowest BCUT2D eigenvalue weighted by molar-refractivity contribution is 0.111. The molecule has 0 radical (unpaired) electrons. The number of rotatable bonds is 8. The predicted octanol–water partition coefficient (Wildman–Crippen LogP) is 8.56. The molecule has 0 saturated carbocycles. The number of aldehydes is 2. The second-order valence-corrected chi connectivity index (χ2v) is 10.5. The molecule has 4 aromatic rings. The van der Waals surface area contributed by atoms with Crippen LogP contribution in [0.15, 0.2) is 65.1 Å². The Labute approximate surface area is 251 Å². The van der Waals surface area contributed by atoms with Gasteiger partial charge in [-0.25, -0.2) is 0 Å². The Kier molecular flexibility index (Phi) is 11.0. The molecule has 0 spiro atoms. The van der Waals surface area contributed by atoms with Crippen LogP contribution in [-0.4, -0.2) is 22.8 Å². The van der Waals surface area contributed by atoms with Crippen molar-refractivity contribution in [2.24, 2.45) is 0 Å². The predicted molar refractivity (Wildman–Crippen MR) is 160 cm³/mol. The topological polar surface area (TPSA) is 93.1 Å². The molecule has 9 heteroatoms. The van der Waals surface area contributed by atoms with Crippen molar-refractivity contribution in [1.82, 2.24) is 0 Å². The van der Waals surface area contributed by atoms with E-state index in [9.17, 15) is 19.8 Å². The van der Waals surface area contributed by atoms with Crippen molar-refractivity contribution in [3.8, 4) is 23.0 Å². The van der Waals surface area contributed by atoms with E-state index in [2.05, 4.69) is 15.9 Å². The van der Waals surface area contributed by atoms with Crippen molar-refractivity contribution in [2.45, 2.75) is 34.0 Å². The van der Waals surface area contributed by atoms with E-state index in [0.717, 1.165) is 26.7 Å². The molecule has 0 fully saturated rings. The molecule has 0 aliphatic heterocycles. The van der Waals surface area contributed by atoms with E-state index in [-0.39, 0.29) is 27.6 Å². The van der Waals surface area contributed by atoms with Crippen LogP contribution in [0.4, 0.5) is 0 Å². The Morgan fingerprint density at radius 1 is 0.725 bits per heavy atom. The summed E-state index contributed by atoms with van der Waals surface area (Å²) in [6.07, 6.45) is 1.10. The first-order chi connectivity index (χ1) is 19.0. The molecule has 6 nitrogen and oxygen atoms in total. The lowest BCUT2D eigenvalue weighted by Crippen LogP contribution is -2.00. The van der Waals surface area contributed by atoms with Crippen LogP contribution in [0, 0.1) is 20.8 Å². The molecule has 0 bridgehead atoms. The van der Waals surface area contributed by atoms with Gasteiger partial charge in [0.15, 0.2) is 12.6 Å². The molecule has 0 heterocycles. The summed E-state index contributed by atoms with van der Waals surface area (Å²) in [5, 5.41) is 19.9. The molecule has 2 N–H and O–H groups in total. The largest absolute Gasteiger partial charge is 0.507 e. The number of benzene rings is 4. The minimum atomic E-state index is -0.148. The van der Waals surface area contributed by atoms with Crippen LogP contribution in [-0.2, 0) is 13.2 Å². The first-order valence-corrected chi connectivity index (χ1v) is 13.6. The molecule has 0 aliphatic carbocycles. The molecule has 4 aromatic carbocycles. The smallest absolute Gasteiger partial charge is 0.153 e. The molecule has 208 valence electrons. The molecule has 0 atom stereocenters. The zero-order valence-electron chi connectivity index (χ0n) is 22.0. The summed E-state index contributed by atoms with van der Waals surface area (Å²) in [7, 11) is 0. The van der Waals surface area contributed by atoms with Crippen LogP contribution in [0.1, 0.15) is 48.5 Å². The van der Waals surface area contributed by atoms with E-state index in [1.54, 1.807) is 0 Å². The number of hydrogen-bond acceptors (Lipinski definition) is 6. The number of carbonyl (C=O) groups excluding carboxylic acids is 2. The Hall–Kier alpha value is -3.52. The quantitative estimate of drug-likeness (QED) is 0.187. The molecular formula is C31H27BrCl2O6. The van der Waals surface area contributed by atoms with Gasteiger partial charge in [0.25, 0.3) is 0 Å². The minimum Gasteiger partial charge on any atom is -0.507 e. The minimum absolute atomic E-state index is 0.139. The molecular weight excluding hydrogens is 619 g/mol. The first-order valence-electron chi connectivity index (χ1n) is 12.1. The lowest BCUT2D eigenvalue weighted by atomic mass is 10.0. The zero-order chi connectivity index (χ0) is 29.4. The third-order valence-electron chi connectivity index (χ3n) is 6.28. The SMILES string of the molecule is Cc1c(Br)cccc1COc1cc(O)c(C=O)cc1Cl.Cc1cccc(COc2cc(O)c(C=O)cc2Cl)c1C. The van der Waals surface area contributed by atoms with Crippen LogP contribution in [0.25, 0.3) is 0 Å². The highest BCUT2D eigenvalue weighted by Crippen LogP contribution is 2.33. The normalized spacial score (nSPS) is 10.3. The van der Waals surface area contributed by atoms with Crippen molar-refractivity contribution < 1.29 is 29.3 Å². The number of ether oxygens (including phenoxy) is 2. The number of halogens is 3. The summed E-state index contributed by atoms with van der Waals surface area (Å²) in [5.74, 6) is 0.413. The maximum atomic E-state index is 10.7. The van der Waals surface area contributed by atoms with Gasteiger partial charge in [-0.2, -0.15) is 0 Å². The van der Waals surface area contributed by atoms with Crippen molar-refractivity contribution in [1.29, 1.82) is 0 Å². The third-order valence-corrected chi connectivity index (χ3v) is 7.73. The highest BCUT2D eigenvalue weighted by atomic mass is 79.9. The number of carbonyl (C=O) groups is 2. The summed E-state index contributed by atoms with van der Waals surface area (Å²) < 4.78 is 12.2. The van der Waals surface area contributed by atoms with Gasteiger partial charge in [-0.15, -0.1) is 0 Å². The van der Waals surface area contributed by atoms with Gasteiger partial charge in [-0.05, 0) is 66.8 Å². The van der Waals surface area contributed by atoms with Gasteiger partial charge in [0, 0.05) is 16.6 Å². The van der Waals surface area contributed by atoms with Gasteiger partial charge in [0.1, 0.15) is 36.2 Å². The summed E-state index contributed by atoms with van der Waals surface area (Å²) >= 11 is 15.5. The van der Waals surface area contributed by atoms with Crippen molar-refractivity contribution >= 4 is 51.7 Å². The fraction of sp³-hybridized carbons (Fsp3) is 0.161. The highest BCUT2D eigenvalue weighted by molar-refractivity contribution is 9.10. The van der Waals surface area contributed by atoms with Crippen LogP contribution in [0.5, 0.6) is 23.0 Å². The van der Waals surface area contributed by atoms with E-state index >= 15 is 0 Å². The fourth-order valence-electron chi connectivity index (χ4n) is 3.61. The first kappa shape index (κ1) is 31.0. The number of phenols is 2. The lowest BCUT2D eigenvalue weighted by Gasteiger charge is -2.12. The monoisotopic (exact) mass is 644 g/mol. The van der Waals surface area contributed by atoms with Crippen LogP contribution in [0.3, 0.4) is 0 Å². The van der Waals surface area contributed by atoms with Gasteiger partial charge in [0.05, 0.1) is 21.2 Å². The average molecular weight is 646 g/mol. The standard InChI is InChI=1S/C16H15ClO3.C15H12BrClO3/c1-10-4-3-5-12(11(10)2)9-20-16-7-15(19)13(8-18)6-14(16)17;1-9-10(3-2-4-12(9)16)8-20-15-6-14(19)11(7-18)5-13(15)17/h3-8,19H,9H2,1-2H3;2-7,19H,8H2,1H3. The van der Waals surface area contributed by atoms with Gasteiger partial charge < -0.3 is 19.7 Å². The second-order valence-electron chi connectivity index (χ2n) is 8.88. The van der Waals surface area contributed by atoms with Crippen molar-refractivity contribution in [3.05, 3.63) is 114 Å². The maximum absolute atomic E-state index is 10.7. The highest BCUT2D eigenvalue weighted by Gasteiger charge is 2.11. The van der Waals surface area contributed by atoms with Gasteiger partial charge in [-0.1, -0.05) is 69.5 Å². The third kappa shape index (κ3) is 7.78. The molecule has 0 amide bonds. The second kappa shape index (κ2) is 14.2. The van der Waals surface area contributed by atoms with Gasteiger partial charge in [0.2, 0.25) is 0 Å². The van der Waals surface area contributed by atoms with Crippen LogP contribution < -0.4 is 9.47 Å². The number of phenolic OH excluding ortho intramolecular Hbond substituents is 2. The van der Waals surface area contributed by atoms with Crippen LogP contribution in [0.2, 0.25) is 10.0 Å². The van der Waals surface area contributed by atoms with E-state index in [0.29, 0.717) is 42.3 Å². The zero-order valence-corrected chi connectivity index (χ0v) is 25.1. The van der Waals surface area contributed by atoms with Crippen LogP contribution >= 0.6 is 39.1 Å². The van der Waals surface area contributed by atoms with E-state index in [1.165, 1.54) is 29.8 Å². The summed E-state index contributed by atoms with van der Waals surface area (Å²) in [5.41, 5.74) is 5.79. The van der Waals surface area contributed by atoms with Gasteiger partial charge in [-0.3, -0.25) is 9.59 Å². The van der Waals surface area contributed by atoms with Gasteiger partial charge >= 0.3 is 0 Å². The molecule has 40 heavy (non-hydrogen) atoms. The number of hydrogen-bond donors (Lipinski definition) is 2. The Balaban J connectivity index is 0.000000220. The Morgan fingerprint density at radius 2 is 1.18 bits per heavy atom. The fourth-order valence-corrected chi connectivity index (χ4v) is 4.47. The summed E-state index contributed by atoms with van der Waals surface area (Å²) in [4.78, 5) is 21.4. The molecule has 0 unspecified atom stereocenters. The van der Waals surface area contributed by atoms with E-state index in [1.807, 2.05) is 57.2 Å². The van der Waals surface area contributed by atoms with E-state index < -0.39 is 0 Å². The van der Waals surface area contributed by atoms with Crippen molar-refractivity contribution in [2.75, 3.05) is 0 Å². The molecule has 0 aromatic heterocycles. The summed E-state index contributed by atoms with van der Waals surface area (Å²) in [6, 6.07) is 17.3. The average Bonchev–Trinajstić information content (AvgIpc) is 2.93. The summed E-state index contributed by atoms with van der Waals surface area (Å²) in [6.45, 7) is 6.73. The molecule has 0 saturated heterocycles. The molecule has 4 rings (SSSR count). The number of aryl methyl sites for hydroxylation is 1.